The number of carbonyl (C=O) groups excluding carboxylic acids is 2. The molecule has 1 aromatic carbocycles. The van der Waals surface area contributed by atoms with Gasteiger partial charge in [0.25, 0.3) is 0 Å². The normalized spacial score (nSPS) is 17.0. The Morgan fingerprint density at radius 1 is 1.29 bits per heavy atom. The summed E-state index contributed by atoms with van der Waals surface area (Å²) in [4.78, 5) is 23.9. The highest BCUT2D eigenvalue weighted by Gasteiger charge is 2.25. The molecule has 5 heteroatoms. The van der Waals surface area contributed by atoms with Crippen LogP contribution in [0.25, 0.3) is 0 Å². The molecule has 1 aliphatic rings. The lowest BCUT2D eigenvalue weighted by Crippen LogP contribution is -2.37. The number of benzene rings is 1. The van der Waals surface area contributed by atoms with Crippen LogP contribution >= 0.6 is 0 Å². The molecule has 5 nitrogen and oxygen atoms in total. The van der Waals surface area contributed by atoms with Crippen molar-refractivity contribution in [1.29, 1.82) is 0 Å². The van der Waals surface area contributed by atoms with Crippen LogP contribution < -0.4 is 5.32 Å². The average Bonchev–Trinajstić information content (AvgIpc) is 2.55. The maximum atomic E-state index is 12.3. The van der Waals surface area contributed by atoms with E-state index < -0.39 is 0 Å². The predicted octanol–water partition coefficient (Wildman–Crippen LogP) is 1.83. The number of nitrogens with one attached hydrogen (secondary N) is 1. The van der Waals surface area contributed by atoms with Gasteiger partial charge >= 0.3 is 5.97 Å². The van der Waals surface area contributed by atoms with Gasteiger partial charge in [-0.3, -0.25) is 9.59 Å². The standard InChI is InChI=1S/C16H21NO4/c1-20-15(18)11-14(12-5-3-2-4-6-12)17-16(19)13-7-9-21-10-8-13/h2-6,13-14H,7-11H2,1H3,(H,17,19). The van der Waals surface area contributed by atoms with Crippen molar-refractivity contribution in [2.24, 2.45) is 5.92 Å². The second-order valence-electron chi connectivity index (χ2n) is 5.14. The number of methoxy groups -OCH3 is 1. The molecule has 0 aromatic heterocycles. The van der Waals surface area contributed by atoms with Crippen LogP contribution in [-0.4, -0.2) is 32.2 Å². The Morgan fingerprint density at radius 2 is 1.95 bits per heavy atom. The molecule has 0 saturated carbocycles. The van der Waals surface area contributed by atoms with Crippen molar-refractivity contribution in [3.05, 3.63) is 35.9 Å². The summed E-state index contributed by atoms with van der Waals surface area (Å²) < 4.78 is 9.99. The Labute approximate surface area is 124 Å². The molecule has 0 aliphatic carbocycles. The van der Waals surface area contributed by atoms with Crippen molar-refractivity contribution in [1.82, 2.24) is 5.32 Å². The van der Waals surface area contributed by atoms with Gasteiger partial charge in [-0.2, -0.15) is 0 Å². The van der Waals surface area contributed by atoms with E-state index in [2.05, 4.69) is 5.32 Å². The summed E-state index contributed by atoms with van der Waals surface area (Å²) in [5, 5.41) is 2.97. The molecule has 1 heterocycles. The molecule has 2 rings (SSSR count). The first-order valence-corrected chi connectivity index (χ1v) is 7.20. The van der Waals surface area contributed by atoms with E-state index in [1.54, 1.807) is 0 Å². The lowest BCUT2D eigenvalue weighted by Gasteiger charge is -2.25. The fourth-order valence-electron chi connectivity index (χ4n) is 2.44. The first-order chi connectivity index (χ1) is 10.2. The topological polar surface area (TPSA) is 64.6 Å². The van der Waals surface area contributed by atoms with Gasteiger partial charge in [0.1, 0.15) is 0 Å². The summed E-state index contributed by atoms with van der Waals surface area (Å²) in [6.45, 7) is 1.23. The molecule has 1 aliphatic heterocycles. The van der Waals surface area contributed by atoms with E-state index in [1.165, 1.54) is 7.11 Å². The molecule has 1 aromatic rings. The number of hydrogen-bond donors (Lipinski definition) is 1. The number of hydrogen-bond acceptors (Lipinski definition) is 4. The van der Waals surface area contributed by atoms with Crippen LogP contribution in [0.3, 0.4) is 0 Å². The number of carbonyl (C=O) groups is 2. The molecular weight excluding hydrogens is 270 g/mol. The minimum Gasteiger partial charge on any atom is -0.469 e. The smallest absolute Gasteiger partial charge is 0.307 e. The first-order valence-electron chi connectivity index (χ1n) is 7.20. The van der Waals surface area contributed by atoms with E-state index in [-0.39, 0.29) is 30.3 Å². The zero-order valence-electron chi connectivity index (χ0n) is 12.2. The third-order valence-electron chi connectivity index (χ3n) is 3.71. The van der Waals surface area contributed by atoms with Crippen LogP contribution in [0.4, 0.5) is 0 Å². The predicted molar refractivity (Wildman–Crippen MR) is 77.5 cm³/mol. The van der Waals surface area contributed by atoms with Gasteiger partial charge in [0.05, 0.1) is 19.6 Å². The van der Waals surface area contributed by atoms with Gasteiger partial charge in [0.15, 0.2) is 0 Å². The minimum atomic E-state index is -0.353. The zero-order valence-corrected chi connectivity index (χ0v) is 12.2. The second kappa shape index (κ2) is 7.78. The lowest BCUT2D eigenvalue weighted by atomic mass is 9.97. The molecule has 1 atom stereocenters. The van der Waals surface area contributed by atoms with Crippen molar-refractivity contribution < 1.29 is 19.1 Å². The molecule has 0 bridgehead atoms. The van der Waals surface area contributed by atoms with E-state index >= 15 is 0 Å². The SMILES string of the molecule is COC(=O)CC(NC(=O)C1CCOCC1)c1ccccc1. The van der Waals surface area contributed by atoms with Gasteiger partial charge in [-0.1, -0.05) is 30.3 Å². The van der Waals surface area contributed by atoms with E-state index in [0.717, 1.165) is 18.4 Å². The number of ether oxygens (including phenoxy) is 2. The van der Waals surface area contributed by atoms with Crippen LogP contribution in [-0.2, 0) is 19.1 Å². The summed E-state index contributed by atoms with van der Waals surface area (Å²) in [6, 6.07) is 9.13. The van der Waals surface area contributed by atoms with Crippen molar-refractivity contribution in [2.75, 3.05) is 20.3 Å². The highest BCUT2D eigenvalue weighted by molar-refractivity contribution is 5.80. The zero-order chi connectivity index (χ0) is 15.1. The second-order valence-corrected chi connectivity index (χ2v) is 5.14. The summed E-state index contributed by atoms with van der Waals surface area (Å²) >= 11 is 0. The van der Waals surface area contributed by atoms with Gasteiger partial charge in [0.2, 0.25) is 5.91 Å². The fourth-order valence-corrected chi connectivity index (χ4v) is 2.44. The van der Waals surface area contributed by atoms with E-state index in [9.17, 15) is 9.59 Å². The van der Waals surface area contributed by atoms with Gasteiger partial charge < -0.3 is 14.8 Å². The van der Waals surface area contributed by atoms with Gasteiger partial charge in [0, 0.05) is 19.1 Å². The number of rotatable bonds is 5. The average molecular weight is 291 g/mol. The van der Waals surface area contributed by atoms with Crippen molar-refractivity contribution >= 4 is 11.9 Å². The van der Waals surface area contributed by atoms with E-state index in [4.69, 9.17) is 9.47 Å². The van der Waals surface area contributed by atoms with Crippen LogP contribution in [0.15, 0.2) is 30.3 Å². The largest absolute Gasteiger partial charge is 0.469 e. The van der Waals surface area contributed by atoms with Crippen molar-refractivity contribution in [3.63, 3.8) is 0 Å². The molecule has 0 radical (unpaired) electrons. The lowest BCUT2D eigenvalue weighted by molar-refractivity contribution is -0.141. The van der Waals surface area contributed by atoms with E-state index in [0.29, 0.717) is 13.2 Å². The molecule has 1 fully saturated rings. The molecule has 114 valence electrons. The fraction of sp³-hybridized carbons (Fsp3) is 0.500. The summed E-state index contributed by atoms with van der Waals surface area (Å²) in [5.41, 5.74) is 0.906. The Morgan fingerprint density at radius 3 is 2.57 bits per heavy atom. The van der Waals surface area contributed by atoms with Crippen LogP contribution in [0.5, 0.6) is 0 Å². The summed E-state index contributed by atoms with van der Waals surface area (Å²) in [7, 11) is 1.35. The van der Waals surface area contributed by atoms with Crippen LogP contribution in [0.2, 0.25) is 0 Å². The highest BCUT2D eigenvalue weighted by atomic mass is 16.5. The maximum absolute atomic E-state index is 12.3. The van der Waals surface area contributed by atoms with Gasteiger partial charge in [-0.15, -0.1) is 0 Å². The molecule has 1 saturated heterocycles. The number of esters is 1. The van der Waals surface area contributed by atoms with E-state index in [1.807, 2.05) is 30.3 Å². The quantitative estimate of drug-likeness (QED) is 0.841. The molecular formula is C16H21NO4. The summed E-state index contributed by atoms with van der Waals surface area (Å²) in [5.74, 6) is -0.394. The minimum absolute atomic E-state index is 0.0175. The van der Waals surface area contributed by atoms with Gasteiger partial charge in [-0.25, -0.2) is 0 Å². The molecule has 21 heavy (non-hydrogen) atoms. The summed E-state index contributed by atoms with van der Waals surface area (Å²) in [6.07, 6.45) is 1.59. The Hall–Kier alpha value is -1.88. The Bertz CT molecular complexity index is 468. The highest BCUT2D eigenvalue weighted by Crippen LogP contribution is 2.20. The van der Waals surface area contributed by atoms with Crippen LogP contribution in [0, 0.1) is 5.92 Å². The Kier molecular flexibility index (Phi) is 5.75. The molecule has 1 unspecified atom stereocenters. The van der Waals surface area contributed by atoms with Crippen molar-refractivity contribution in [3.8, 4) is 0 Å². The molecule has 0 spiro atoms. The third-order valence-corrected chi connectivity index (χ3v) is 3.71. The maximum Gasteiger partial charge on any atom is 0.307 e. The van der Waals surface area contributed by atoms with Gasteiger partial charge in [-0.05, 0) is 18.4 Å². The first kappa shape index (κ1) is 15.5. The molecule has 1 amide bonds. The molecule has 1 N–H and O–H groups in total. The van der Waals surface area contributed by atoms with Crippen molar-refractivity contribution in [2.45, 2.75) is 25.3 Å². The Balaban J connectivity index is 2.04. The monoisotopic (exact) mass is 291 g/mol. The third kappa shape index (κ3) is 4.56. The van der Waals surface area contributed by atoms with Crippen LogP contribution in [0.1, 0.15) is 30.9 Å². The number of amides is 1.